The number of fused-ring (bicyclic) bond motifs is 3. The predicted octanol–water partition coefficient (Wildman–Crippen LogP) is 3.24. The quantitative estimate of drug-likeness (QED) is 0.739. The van der Waals surface area contributed by atoms with Crippen molar-refractivity contribution in [3.63, 3.8) is 0 Å². The van der Waals surface area contributed by atoms with Gasteiger partial charge in [0.25, 0.3) is 0 Å². The Kier molecular flexibility index (Phi) is 2.53. The van der Waals surface area contributed by atoms with Crippen LogP contribution in [0.25, 0.3) is 11.0 Å². The smallest absolute Gasteiger partial charge is 0.372 e. The first kappa shape index (κ1) is 11.8. The van der Waals surface area contributed by atoms with Crippen molar-refractivity contribution in [1.82, 2.24) is 9.55 Å². The monoisotopic (exact) mass is 276 g/mol. The molecule has 0 atom stereocenters. The van der Waals surface area contributed by atoms with E-state index in [1.165, 1.54) is 6.07 Å². The summed E-state index contributed by atoms with van der Waals surface area (Å²) in [6, 6.07) is 2.31. The molecule has 2 aromatic rings. The summed E-state index contributed by atoms with van der Waals surface area (Å²) in [5, 5.41) is -0.302. The van der Waals surface area contributed by atoms with E-state index < -0.39 is 11.7 Å². The molecule has 18 heavy (non-hydrogen) atoms. The molecule has 1 aromatic heterocycles. The van der Waals surface area contributed by atoms with Gasteiger partial charge in [-0.1, -0.05) is 11.6 Å². The van der Waals surface area contributed by atoms with Crippen LogP contribution in [0.1, 0.15) is 11.4 Å². The average Bonchev–Trinajstić information content (AvgIpc) is 2.65. The molecule has 0 amide bonds. The van der Waals surface area contributed by atoms with E-state index in [0.717, 1.165) is 6.07 Å². The molecule has 7 heteroatoms. The van der Waals surface area contributed by atoms with Gasteiger partial charge in [-0.3, -0.25) is 0 Å². The number of halogens is 4. The van der Waals surface area contributed by atoms with Crippen molar-refractivity contribution in [2.45, 2.75) is 19.3 Å². The molecule has 96 valence electrons. The zero-order valence-electron chi connectivity index (χ0n) is 9.09. The third-order valence-electron chi connectivity index (χ3n) is 2.91. The summed E-state index contributed by atoms with van der Waals surface area (Å²) in [6.07, 6.45) is -4.47. The molecule has 0 spiro atoms. The van der Waals surface area contributed by atoms with Crippen LogP contribution < -0.4 is 0 Å². The summed E-state index contributed by atoms with van der Waals surface area (Å²) in [5.74, 6) is 0.631. The van der Waals surface area contributed by atoms with Gasteiger partial charge in [0.1, 0.15) is 12.4 Å². The van der Waals surface area contributed by atoms with Gasteiger partial charge in [-0.15, -0.1) is 0 Å². The highest BCUT2D eigenvalue weighted by Gasteiger charge is 2.34. The highest BCUT2D eigenvalue weighted by molar-refractivity contribution is 6.32. The van der Waals surface area contributed by atoms with Crippen LogP contribution in [0.3, 0.4) is 0 Å². The van der Waals surface area contributed by atoms with Crippen molar-refractivity contribution in [2.24, 2.45) is 0 Å². The van der Waals surface area contributed by atoms with Crippen molar-refractivity contribution in [3.05, 3.63) is 28.5 Å². The van der Waals surface area contributed by atoms with Gasteiger partial charge < -0.3 is 9.30 Å². The fraction of sp³-hybridized carbons (Fsp3) is 0.364. The molecule has 1 aliphatic heterocycles. The van der Waals surface area contributed by atoms with Gasteiger partial charge in [0.2, 0.25) is 0 Å². The zero-order chi connectivity index (χ0) is 12.9. The van der Waals surface area contributed by atoms with Gasteiger partial charge in [-0.05, 0) is 12.1 Å². The molecule has 3 nitrogen and oxygen atoms in total. The topological polar surface area (TPSA) is 27.1 Å². The minimum atomic E-state index is -4.47. The SMILES string of the molecule is FC(F)(F)c1cc2nc3n(c2cc1Cl)CCOC3. The molecule has 3 rings (SSSR count). The summed E-state index contributed by atoms with van der Waals surface area (Å²) in [4.78, 5) is 4.15. The van der Waals surface area contributed by atoms with Crippen molar-refractivity contribution in [2.75, 3.05) is 6.61 Å². The standard InChI is InChI=1S/C11H8ClF3N2O/c12-7-4-9-8(3-6(7)11(13,14)15)16-10-5-18-2-1-17(9)10/h3-4H,1-2,5H2. The molecule has 0 saturated heterocycles. The maximum Gasteiger partial charge on any atom is 0.417 e. The van der Waals surface area contributed by atoms with Crippen LogP contribution in [0.5, 0.6) is 0 Å². The van der Waals surface area contributed by atoms with Crippen LogP contribution in [0.4, 0.5) is 13.2 Å². The fourth-order valence-corrected chi connectivity index (χ4v) is 2.36. The molecule has 0 saturated carbocycles. The average molecular weight is 277 g/mol. The fourth-order valence-electron chi connectivity index (χ4n) is 2.09. The molecule has 1 aromatic carbocycles. The molecule has 0 N–H and O–H groups in total. The zero-order valence-corrected chi connectivity index (χ0v) is 9.85. The van der Waals surface area contributed by atoms with E-state index in [4.69, 9.17) is 16.3 Å². The Balaban J connectivity index is 2.25. The highest BCUT2D eigenvalue weighted by atomic mass is 35.5. The van der Waals surface area contributed by atoms with E-state index in [-0.39, 0.29) is 5.02 Å². The van der Waals surface area contributed by atoms with Gasteiger partial charge in [-0.25, -0.2) is 4.98 Å². The maximum absolute atomic E-state index is 12.7. The molecule has 0 bridgehead atoms. The van der Waals surface area contributed by atoms with E-state index in [2.05, 4.69) is 4.98 Å². The summed E-state index contributed by atoms with van der Waals surface area (Å²) in [5.41, 5.74) is 0.0616. The van der Waals surface area contributed by atoms with Crippen molar-refractivity contribution in [3.8, 4) is 0 Å². The first-order chi connectivity index (χ1) is 8.47. The number of nitrogens with zero attached hydrogens (tertiary/aromatic N) is 2. The normalized spacial score (nSPS) is 16.0. The van der Waals surface area contributed by atoms with E-state index in [1.54, 1.807) is 0 Å². The summed E-state index contributed by atoms with van der Waals surface area (Å²) >= 11 is 5.69. The molecule has 0 fully saturated rings. The lowest BCUT2D eigenvalue weighted by molar-refractivity contribution is -0.137. The Morgan fingerprint density at radius 3 is 2.83 bits per heavy atom. The van der Waals surface area contributed by atoms with Crippen LogP contribution >= 0.6 is 11.6 Å². The third kappa shape index (κ3) is 1.76. The number of rotatable bonds is 0. The van der Waals surface area contributed by atoms with Gasteiger partial charge in [0, 0.05) is 6.54 Å². The first-order valence-corrected chi connectivity index (χ1v) is 5.68. The number of imidazole rings is 1. The van der Waals surface area contributed by atoms with Crippen molar-refractivity contribution in [1.29, 1.82) is 0 Å². The highest BCUT2D eigenvalue weighted by Crippen LogP contribution is 2.37. The van der Waals surface area contributed by atoms with Gasteiger partial charge in [0.15, 0.2) is 0 Å². The van der Waals surface area contributed by atoms with E-state index in [9.17, 15) is 13.2 Å². The summed E-state index contributed by atoms with van der Waals surface area (Å²) < 4.78 is 45.2. The predicted molar refractivity (Wildman–Crippen MR) is 59.4 cm³/mol. The number of ether oxygens (including phenoxy) is 1. The van der Waals surface area contributed by atoms with Crippen molar-refractivity contribution < 1.29 is 17.9 Å². The van der Waals surface area contributed by atoms with Gasteiger partial charge in [0.05, 0.1) is 28.2 Å². The minimum Gasteiger partial charge on any atom is -0.372 e. The van der Waals surface area contributed by atoms with Gasteiger partial charge >= 0.3 is 6.18 Å². The second kappa shape index (κ2) is 3.86. The minimum absolute atomic E-state index is 0.298. The molecule has 2 heterocycles. The van der Waals surface area contributed by atoms with Crippen LogP contribution in [0.2, 0.25) is 5.02 Å². The lowest BCUT2D eigenvalue weighted by Crippen LogP contribution is -2.16. The summed E-state index contributed by atoms with van der Waals surface area (Å²) in [7, 11) is 0. The first-order valence-electron chi connectivity index (χ1n) is 5.30. The lowest BCUT2D eigenvalue weighted by Gasteiger charge is -2.15. The Hall–Kier alpha value is -1.27. The Morgan fingerprint density at radius 1 is 1.33 bits per heavy atom. The molecular weight excluding hydrogens is 269 g/mol. The van der Waals surface area contributed by atoms with Crippen molar-refractivity contribution >= 4 is 22.6 Å². The number of alkyl halides is 3. The van der Waals surface area contributed by atoms with E-state index in [0.29, 0.717) is 36.6 Å². The Labute approximate surface area is 105 Å². The van der Waals surface area contributed by atoms with Crippen LogP contribution in [0, 0.1) is 0 Å². The Bertz CT molecular complexity index is 621. The number of benzene rings is 1. The van der Waals surface area contributed by atoms with Crippen LogP contribution in [0.15, 0.2) is 12.1 Å². The second-order valence-corrected chi connectivity index (χ2v) is 4.46. The van der Waals surface area contributed by atoms with Crippen LogP contribution in [-0.4, -0.2) is 16.2 Å². The largest absolute Gasteiger partial charge is 0.417 e. The second-order valence-electron chi connectivity index (χ2n) is 4.05. The lowest BCUT2D eigenvalue weighted by atomic mass is 10.2. The number of hydrogen-bond acceptors (Lipinski definition) is 2. The molecule has 0 radical (unpaired) electrons. The van der Waals surface area contributed by atoms with E-state index in [1.807, 2.05) is 4.57 Å². The Morgan fingerprint density at radius 2 is 2.11 bits per heavy atom. The maximum atomic E-state index is 12.7. The van der Waals surface area contributed by atoms with Crippen LogP contribution in [-0.2, 0) is 24.1 Å². The molecule has 0 unspecified atom stereocenters. The number of hydrogen-bond donors (Lipinski definition) is 0. The number of aromatic nitrogens is 2. The summed E-state index contributed by atoms with van der Waals surface area (Å²) in [6.45, 7) is 1.41. The third-order valence-corrected chi connectivity index (χ3v) is 3.22. The molecular formula is C11H8ClF3N2O. The molecule has 1 aliphatic rings. The van der Waals surface area contributed by atoms with Gasteiger partial charge in [-0.2, -0.15) is 13.2 Å². The molecule has 0 aliphatic carbocycles. The van der Waals surface area contributed by atoms with E-state index >= 15 is 0 Å².